The first kappa shape index (κ1) is 17.6. The number of aliphatic imine (C=N–C) groups is 1. The average molecular weight is 347 g/mol. The van der Waals surface area contributed by atoms with Crippen molar-refractivity contribution in [2.75, 3.05) is 6.61 Å². The molecule has 0 saturated carbocycles. The lowest BCUT2D eigenvalue weighted by Crippen LogP contribution is -2.25. The second-order valence-corrected chi connectivity index (χ2v) is 5.33. The Morgan fingerprint density at radius 3 is 2.50 bits per heavy atom. The number of benzene rings is 1. The van der Waals surface area contributed by atoms with E-state index in [2.05, 4.69) is 4.99 Å². The second-order valence-electron chi connectivity index (χ2n) is 4.97. The van der Waals surface area contributed by atoms with E-state index in [9.17, 15) is 14.7 Å². The van der Waals surface area contributed by atoms with E-state index in [0.29, 0.717) is 17.9 Å². The maximum Gasteiger partial charge on any atom is 0.338 e. The summed E-state index contributed by atoms with van der Waals surface area (Å²) in [6.45, 7) is 2.04. The summed E-state index contributed by atoms with van der Waals surface area (Å²) >= 11 is 5.04. The molecule has 1 aromatic carbocycles. The molecular weight excluding hydrogens is 330 g/mol. The smallest absolute Gasteiger partial charge is 0.338 e. The summed E-state index contributed by atoms with van der Waals surface area (Å²) in [6, 6.07) is 6.39. The van der Waals surface area contributed by atoms with Gasteiger partial charge in [-0.2, -0.15) is 0 Å². The normalized spacial score (nSPS) is 11.0. The molecule has 2 rings (SSSR count). The van der Waals surface area contributed by atoms with Crippen LogP contribution in [-0.2, 0) is 18.8 Å². The van der Waals surface area contributed by atoms with Crippen molar-refractivity contribution in [3.8, 4) is 5.88 Å². The molecule has 126 valence electrons. The molecule has 7 nitrogen and oxygen atoms in total. The van der Waals surface area contributed by atoms with E-state index in [1.807, 2.05) is 0 Å². The maximum absolute atomic E-state index is 12.2. The van der Waals surface area contributed by atoms with Crippen LogP contribution in [0.2, 0.25) is 0 Å². The minimum Gasteiger partial charge on any atom is -0.494 e. The Bertz CT molecular complexity index is 911. The highest BCUT2D eigenvalue weighted by Crippen LogP contribution is 2.15. The topological polar surface area (TPSA) is 85.8 Å². The molecule has 1 heterocycles. The fraction of sp³-hybridized carbons (Fsp3) is 0.250. The number of rotatable bonds is 4. The molecule has 0 atom stereocenters. The first-order valence-electron chi connectivity index (χ1n) is 7.17. The summed E-state index contributed by atoms with van der Waals surface area (Å²) in [5.74, 6) is -0.664. The van der Waals surface area contributed by atoms with Crippen molar-refractivity contribution in [1.29, 1.82) is 0 Å². The van der Waals surface area contributed by atoms with Gasteiger partial charge in [-0.05, 0) is 43.4 Å². The molecule has 0 aliphatic rings. The third-order valence-corrected chi connectivity index (χ3v) is 3.94. The summed E-state index contributed by atoms with van der Waals surface area (Å²) in [5.41, 5.74) is 0.525. The van der Waals surface area contributed by atoms with Crippen LogP contribution in [0.1, 0.15) is 22.8 Å². The van der Waals surface area contributed by atoms with Crippen molar-refractivity contribution in [3.05, 3.63) is 50.5 Å². The van der Waals surface area contributed by atoms with Gasteiger partial charge in [-0.3, -0.25) is 18.9 Å². The van der Waals surface area contributed by atoms with Crippen LogP contribution in [0.4, 0.5) is 5.69 Å². The number of carbonyl (C=O) groups excluding carboxylic acids is 1. The molecule has 2 aromatic rings. The lowest BCUT2D eigenvalue weighted by Gasteiger charge is -2.09. The van der Waals surface area contributed by atoms with Crippen molar-refractivity contribution in [1.82, 2.24) is 9.13 Å². The van der Waals surface area contributed by atoms with E-state index in [4.69, 9.17) is 17.0 Å². The molecule has 0 aliphatic carbocycles. The number of aromatic hydroxyl groups is 1. The lowest BCUT2D eigenvalue weighted by molar-refractivity contribution is 0.0526. The lowest BCUT2D eigenvalue weighted by atomic mass is 10.2. The Morgan fingerprint density at radius 1 is 1.29 bits per heavy atom. The molecule has 0 saturated heterocycles. The molecule has 0 radical (unpaired) electrons. The standard InChI is InChI=1S/C16H17N3O4S/c1-4-23-15(22)10-5-7-11(8-6-10)17-9-12-13(20)18(2)16(24)19(3)14(12)21/h5-9,20H,4H2,1-3H3. The monoisotopic (exact) mass is 347 g/mol. The second kappa shape index (κ2) is 7.22. The van der Waals surface area contributed by atoms with Crippen LogP contribution in [0.3, 0.4) is 0 Å². The van der Waals surface area contributed by atoms with Crippen molar-refractivity contribution in [2.24, 2.45) is 19.1 Å². The van der Waals surface area contributed by atoms with E-state index >= 15 is 0 Å². The predicted molar refractivity (Wildman–Crippen MR) is 92.8 cm³/mol. The van der Waals surface area contributed by atoms with E-state index in [1.54, 1.807) is 38.2 Å². The Morgan fingerprint density at radius 2 is 1.92 bits per heavy atom. The van der Waals surface area contributed by atoms with Crippen molar-refractivity contribution >= 4 is 30.1 Å². The van der Waals surface area contributed by atoms with Gasteiger partial charge >= 0.3 is 5.97 Å². The quantitative estimate of drug-likeness (QED) is 0.520. The molecule has 0 aliphatic heterocycles. The van der Waals surface area contributed by atoms with Gasteiger partial charge in [-0.1, -0.05) is 0 Å². The third kappa shape index (κ3) is 3.43. The minimum atomic E-state index is -0.442. The molecule has 0 unspecified atom stereocenters. The fourth-order valence-corrected chi connectivity index (χ4v) is 2.18. The van der Waals surface area contributed by atoms with Crippen LogP contribution >= 0.6 is 12.2 Å². The first-order chi connectivity index (χ1) is 11.4. The zero-order valence-electron chi connectivity index (χ0n) is 13.5. The van der Waals surface area contributed by atoms with Crippen molar-refractivity contribution < 1.29 is 14.6 Å². The number of esters is 1. The summed E-state index contributed by atoms with van der Waals surface area (Å²) in [6.07, 6.45) is 1.27. The zero-order valence-corrected chi connectivity index (χ0v) is 14.3. The van der Waals surface area contributed by atoms with Gasteiger partial charge in [0.15, 0.2) is 4.77 Å². The highest BCUT2D eigenvalue weighted by atomic mass is 32.1. The van der Waals surface area contributed by atoms with Crippen LogP contribution in [0.5, 0.6) is 5.88 Å². The van der Waals surface area contributed by atoms with Gasteiger partial charge in [0.2, 0.25) is 5.88 Å². The Labute approximate surface area is 143 Å². The van der Waals surface area contributed by atoms with E-state index in [-0.39, 0.29) is 16.2 Å². The molecule has 8 heteroatoms. The van der Waals surface area contributed by atoms with E-state index in [0.717, 1.165) is 0 Å². The summed E-state index contributed by atoms with van der Waals surface area (Å²) < 4.78 is 7.67. The molecule has 0 fully saturated rings. The average Bonchev–Trinajstić information content (AvgIpc) is 2.59. The van der Waals surface area contributed by atoms with Crippen LogP contribution in [-0.4, -0.2) is 33.0 Å². The summed E-state index contributed by atoms with van der Waals surface area (Å²) in [7, 11) is 3.08. The largest absolute Gasteiger partial charge is 0.494 e. The number of ether oxygens (including phenoxy) is 1. The zero-order chi connectivity index (χ0) is 17.9. The third-order valence-electron chi connectivity index (χ3n) is 3.39. The van der Waals surface area contributed by atoms with Gasteiger partial charge in [0, 0.05) is 20.3 Å². The predicted octanol–water partition coefficient (Wildman–Crippen LogP) is 2.09. The molecule has 0 bridgehead atoms. The van der Waals surface area contributed by atoms with Gasteiger partial charge in [-0.15, -0.1) is 0 Å². The first-order valence-corrected chi connectivity index (χ1v) is 7.57. The molecule has 1 N–H and O–H groups in total. The maximum atomic E-state index is 12.2. The van der Waals surface area contributed by atoms with Crippen molar-refractivity contribution in [2.45, 2.75) is 6.92 Å². The minimum absolute atomic E-state index is 0.0306. The number of aromatic nitrogens is 2. The Hall–Kier alpha value is -2.74. The van der Waals surface area contributed by atoms with Gasteiger partial charge in [0.25, 0.3) is 5.56 Å². The van der Waals surface area contributed by atoms with Gasteiger partial charge in [0.05, 0.1) is 17.9 Å². The van der Waals surface area contributed by atoms with Gasteiger partial charge in [0.1, 0.15) is 5.56 Å². The SMILES string of the molecule is CCOC(=O)c1ccc(N=Cc2c(O)n(C)c(=S)n(C)c2=O)cc1. The number of carbonyl (C=O) groups is 1. The Balaban J connectivity index is 2.34. The van der Waals surface area contributed by atoms with Gasteiger partial charge in [-0.25, -0.2) is 4.79 Å². The Kier molecular flexibility index (Phi) is 5.30. The highest BCUT2D eigenvalue weighted by molar-refractivity contribution is 7.71. The van der Waals surface area contributed by atoms with E-state index < -0.39 is 11.5 Å². The van der Waals surface area contributed by atoms with Gasteiger partial charge < -0.3 is 9.84 Å². The molecular formula is C16H17N3O4S. The summed E-state index contributed by atoms with van der Waals surface area (Å²) in [5, 5.41) is 10.1. The summed E-state index contributed by atoms with van der Waals surface area (Å²) in [4.78, 5) is 27.9. The number of hydrogen-bond acceptors (Lipinski definition) is 6. The number of hydrogen-bond donors (Lipinski definition) is 1. The number of nitrogens with zero attached hydrogens (tertiary/aromatic N) is 3. The molecule has 0 spiro atoms. The van der Waals surface area contributed by atoms with Crippen LogP contribution in [0, 0.1) is 4.77 Å². The van der Waals surface area contributed by atoms with E-state index in [1.165, 1.54) is 22.4 Å². The van der Waals surface area contributed by atoms with Crippen LogP contribution in [0.15, 0.2) is 34.1 Å². The molecule has 24 heavy (non-hydrogen) atoms. The molecule has 0 amide bonds. The highest BCUT2D eigenvalue weighted by Gasteiger charge is 2.11. The molecule has 1 aromatic heterocycles. The van der Waals surface area contributed by atoms with Crippen molar-refractivity contribution in [3.63, 3.8) is 0 Å². The van der Waals surface area contributed by atoms with Crippen LogP contribution in [0.25, 0.3) is 0 Å². The van der Waals surface area contributed by atoms with Crippen LogP contribution < -0.4 is 5.56 Å². The fourth-order valence-electron chi connectivity index (χ4n) is 2.01.